The average Bonchev–Trinajstić information content (AvgIpc) is 2.23. The number of rotatable bonds is 1. The van der Waals surface area contributed by atoms with Gasteiger partial charge in [-0.2, -0.15) is 0 Å². The highest BCUT2D eigenvalue weighted by Gasteiger charge is 2.07. The lowest BCUT2D eigenvalue weighted by Crippen LogP contribution is -1.87. The lowest BCUT2D eigenvalue weighted by Gasteiger charge is -2.10. The summed E-state index contributed by atoms with van der Waals surface area (Å²) in [4.78, 5) is 0. The zero-order valence-electron chi connectivity index (χ0n) is 9.91. The van der Waals surface area contributed by atoms with Crippen molar-refractivity contribution in [1.29, 1.82) is 0 Å². The molecule has 16 heavy (non-hydrogen) atoms. The molecule has 0 atom stereocenters. The van der Waals surface area contributed by atoms with Crippen molar-refractivity contribution in [3.63, 3.8) is 0 Å². The topological polar surface area (TPSA) is 20.2 Å². The van der Waals surface area contributed by atoms with Gasteiger partial charge in [-0.25, -0.2) is 0 Å². The van der Waals surface area contributed by atoms with Crippen LogP contribution in [0.3, 0.4) is 0 Å². The third-order valence-electron chi connectivity index (χ3n) is 3.05. The van der Waals surface area contributed by atoms with E-state index in [0.29, 0.717) is 5.75 Å². The second-order valence-corrected chi connectivity index (χ2v) is 4.27. The maximum absolute atomic E-state index is 9.96. The van der Waals surface area contributed by atoms with Crippen LogP contribution in [0.25, 0.3) is 11.1 Å². The second-order valence-electron chi connectivity index (χ2n) is 4.27. The van der Waals surface area contributed by atoms with Crippen molar-refractivity contribution in [2.75, 3.05) is 0 Å². The monoisotopic (exact) mass is 212 g/mol. The summed E-state index contributed by atoms with van der Waals surface area (Å²) in [7, 11) is 0. The summed E-state index contributed by atoms with van der Waals surface area (Å²) in [5, 5.41) is 9.96. The van der Waals surface area contributed by atoms with E-state index < -0.39 is 0 Å². The Morgan fingerprint density at radius 3 is 2.31 bits per heavy atom. The first-order chi connectivity index (χ1) is 7.59. The van der Waals surface area contributed by atoms with Crippen LogP contribution in [0.15, 0.2) is 36.4 Å². The molecule has 0 bridgehead atoms. The molecule has 0 fully saturated rings. The molecule has 2 rings (SSSR count). The number of benzene rings is 2. The third-order valence-corrected chi connectivity index (χ3v) is 3.05. The molecule has 0 saturated carbocycles. The fraction of sp³-hybridized carbons (Fsp3) is 0.200. The summed E-state index contributed by atoms with van der Waals surface area (Å²) in [6.45, 7) is 6.15. The maximum Gasteiger partial charge on any atom is 0.123 e. The molecule has 82 valence electrons. The van der Waals surface area contributed by atoms with E-state index in [2.05, 4.69) is 19.9 Å². The Morgan fingerprint density at radius 1 is 0.875 bits per heavy atom. The van der Waals surface area contributed by atoms with Crippen LogP contribution in [0.4, 0.5) is 0 Å². The highest BCUT2D eigenvalue weighted by Crippen LogP contribution is 2.32. The number of aryl methyl sites for hydroxylation is 2. The van der Waals surface area contributed by atoms with E-state index >= 15 is 0 Å². The molecule has 0 saturated heterocycles. The van der Waals surface area contributed by atoms with Gasteiger partial charge >= 0.3 is 0 Å². The quantitative estimate of drug-likeness (QED) is 0.758. The number of phenols is 1. The minimum atomic E-state index is 0.355. The van der Waals surface area contributed by atoms with E-state index in [1.54, 1.807) is 6.07 Å². The van der Waals surface area contributed by atoms with Crippen molar-refractivity contribution in [3.05, 3.63) is 53.1 Å². The molecule has 1 nitrogen and oxygen atoms in total. The molecule has 0 unspecified atom stereocenters. The van der Waals surface area contributed by atoms with E-state index in [1.807, 2.05) is 31.2 Å². The molecule has 0 heterocycles. The van der Waals surface area contributed by atoms with Gasteiger partial charge in [-0.1, -0.05) is 30.3 Å². The summed E-state index contributed by atoms with van der Waals surface area (Å²) in [5.74, 6) is 0.355. The molecular formula is C15H16O. The normalized spacial score (nSPS) is 10.4. The number of hydrogen-bond acceptors (Lipinski definition) is 1. The van der Waals surface area contributed by atoms with Crippen LogP contribution in [-0.2, 0) is 0 Å². The van der Waals surface area contributed by atoms with Gasteiger partial charge in [0.25, 0.3) is 0 Å². The molecule has 0 spiro atoms. The number of hydrogen-bond donors (Lipinski definition) is 1. The Labute approximate surface area is 96.4 Å². The Kier molecular flexibility index (Phi) is 2.69. The predicted molar refractivity (Wildman–Crippen MR) is 67.8 cm³/mol. The summed E-state index contributed by atoms with van der Waals surface area (Å²) < 4.78 is 0. The SMILES string of the molecule is Cc1ccc(-c2cccc(C)c2C)c(O)c1. The van der Waals surface area contributed by atoms with Crippen molar-refractivity contribution in [3.8, 4) is 16.9 Å². The smallest absolute Gasteiger partial charge is 0.123 e. The minimum absolute atomic E-state index is 0.355. The van der Waals surface area contributed by atoms with Crippen molar-refractivity contribution >= 4 is 0 Å². The first-order valence-electron chi connectivity index (χ1n) is 5.46. The van der Waals surface area contributed by atoms with Crippen LogP contribution in [-0.4, -0.2) is 5.11 Å². The van der Waals surface area contributed by atoms with Crippen LogP contribution in [0.5, 0.6) is 5.75 Å². The average molecular weight is 212 g/mol. The Morgan fingerprint density at radius 2 is 1.62 bits per heavy atom. The van der Waals surface area contributed by atoms with Gasteiger partial charge in [-0.15, -0.1) is 0 Å². The summed E-state index contributed by atoms with van der Waals surface area (Å²) in [5.41, 5.74) is 5.56. The lowest BCUT2D eigenvalue weighted by atomic mass is 9.96. The van der Waals surface area contributed by atoms with Crippen LogP contribution in [0.1, 0.15) is 16.7 Å². The van der Waals surface area contributed by atoms with Gasteiger partial charge in [0.2, 0.25) is 0 Å². The van der Waals surface area contributed by atoms with Gasteiger partial charge in [0, 0.05) is 5.56 Å². The van der Waals surface area contributed by atoms with Crippen molar-refractivity contribution in [2.24, 2.45) is 0 Å². The fourth-order valence-corrected chi connectivity index (χ4v) is 1.91. The number of phenolic OH excluding ortho intramolecular Hbond substituents is 1. The van der Waals surface area contributed by atoms with Gasteiger partial charge < -0.3 is 5.11 Å². The van der Waals surface area contributed by atoms with Gasteiger partial charge in [0.15, 0.2) is 0 Å². The van der Waals surface area contributed by atoms with Gasteiger partial charge in [0.1, 0.15) is 5.75 Å². The largest absolute Gasteiger partial charge is 0.507 e. The van der Waals surface area contributed by atoms with E-state index in [1.165, 1.54) is 11.1 Å². The molecule has 1 N–H and O–H groups in total. The molecule has 0 aliphatic rings. The highest BCUT2D eigenvalue weighted by molar-refractivity contribution is 5.74. The Bertz CT molecular complexity index is 527. The predicted octanol–water partition coefficient (Wildman–Crippen LogP) is 3.98. The first-order valence-corrected chi connectivity index (χ1v) is 5.46. The minimum Gasteiger partial charge on any atom is -0.507 e. The standard InChI is InChI=1S/C15H16O/c1-10-7-8-14(15(16)9-10)13-6-4-5-11(2)12(13)3/h4-9,16H,1-3H3. The van der Waals surface area contributed by atoms with Crippen LogP contribution in [0.2, 0.25) is 0 Å². The van der Waals surface area contributed by atoms with Gasteiger partial charge in [0.05, 0.1) is 0 Å². The molecule has 0 aromatic heterocycles. The van der Waals surface area contributed by atoms with E-state index in [9.17, 15) is 5.11 Å². The molecule has 0 amide bonds. The highest BCUT2D eigenvalue weighted by atomic mass is 16.3. The molecule has 2 aromatic rings. The summed E-state index contributed by atoms with van der Waals surface area (Å²) in [6.07, 6.45) is 0. The lowest BCUT2D eigenvalue weighted by molar-refractivity contribution is 0.477. The molecule has 1 heteroatoms. The van der Waals surface area contributed by atoms with E-state index in [-0.39, 0.29) is 0 Å². The second kappa shape index (κ2) is 4.01. The maximum atomic E-state index is 9.96. The third kappa shape index (κ3) is 1.81. The molecule has 0 aliphatic carbocycles. The fourth-order valence-electron chi connectivity index (χ4n) is 1.91. The van der Waals surface area contributed by atoms with Crippen LogP contribution in [0, 0.1) is 20.8 Å². The van der Waals surface area contributed by atoms with Crippen molar-refractivity contribution in [1.82, 2.24) is 0 Å². The molecule has 0 radical (unpaired) electrons. The van der Waals surface area contributed by atoms with E-state index in [0.717, 1.165) is 16.7 Å². The van der Waals surface area contributed by atoms with Crippen LogP contribution < -0.4 is 0 Å². The molecule has 0 aliphatic heterocycles. The molecule has 2 aromatic carbocycles. The van der Waals surface area contributed by atoms with E-state index in [4.69, 9.17) is 0 Å². The summed E-state index contributed by atoms with van der Waals surface area (Å²) >= 11 is 0. The Hall–Kier alpha value is -1.76. The molecular weight excluding hydrogens is 196 g/mol. The van der Waals surface area contributed by atoms with Crippen molar-refractivity contribution in [2.45, 2.75) is 20.8 Å². The van der Waals surface area contributed by atoms with Gasteiger partial charge in [-0.3, -0.25) is 0 Å². The first kappa shape index (κ1) is 10.7. The number of aromatic hydroxyl groups is 1. The van der Waals surface area contributed by atoms with Crippen LogP contribution >= 0.6 is 0 Å². The zero-order chi connectivity index (χ0) is 11.7. The zero-order valence-corrected chi connectivity index (χ0v) is 9.91. The Balaban J connectivity index is 2.63. The van der Waals surface area contributed by atoms with Gasteiger partial charge in [-0.05, 0) is 49.1 Å². The summed E-state index contributed by atoms with van der Waals surface area (Å²) in [6, 6.07) is 12.0. The van der Waals surface area contributed by atoms with Crippen molar-refractivity contribution < 1.29 is 5.11 Å².